The summed E-state index contributed by atoms with van der Waals surface area (Å²) in [6.07, 6.45) is 0. The summed E-state index contributed by atoms with van der Waals surface area (Å²) in [5.41, 5.74) is 1.80. The normalized spacial score (nSPS) is 10.8. The Morgan fingerprint density at radius 1 is 1.24 bits per heavy atom. The standard InChI is InChI=1S/C17H27NO2S/c1-6-18(7-2)14-9-10-15(17(11-14)20-8-3)16(19)12-21-13(4)5/h9-11,13H,6-8,12H2,1-5H3. The average molecular weight is 309 g/mol. The van der Waals surface area contributed by atoms with Crippen LogP contribution in [0.1, 0.15) is 45.0 Å². The predicted molar refractivity (Wildman–Crippen MR) is 93.1 cm³/mol. The molecule has 0 saturated carbocycles. The molecule has 0 amide bonds. The Morgan fingerprint density at radius 2 is 1.90 bits per heavy atom. The molecule has 0 aromatic heterocycles. The van der Waals surface area contributed by atoms with E-state index in [1.165, 1.54) is 0 Å². The molecule has 0 unspecified atom stereocenters. The number of hydrogen-bond donors (Lipinski definition) is 0. The van der Waals surface area contributed by atoms with Crippen LogP contribution in [0.2, 0.25) is 0 Å². The first-order chi connectivity index (χ1) is 10.0. The van der Waals surface area contributed by atoms with Gasteiger partial charge in [-0.15, -0.1) is 0 Å². The molecule has 118 valence electrons. The van der Waals surface area contributed by atoms with Crippen LogP contribution in [-0.4, -0.2) is 36.5 Å². The lowest BCUT2D eigenvalue weighted by Gasteiger charge is -2.22. The molecule has 3 nitrogen and oxygen atoms in total. The molecule has 0 atom stereocenters. The van der Waals surface area contributed by atoms with Crippen LogP contribution < -0.4 is 9.64 Å². The van der Waals surface area contributed by atoms with Gasteiger partial charge in [0.15, 0.2) is 5.78 Å². The Hall–Kier alpha value is -1.16. The van der Waals surface area contributed by atoms with Crippen molar-refractivity contribution in [1.29, 1.82) is 0 Å². The van der Waals surface area contributed by atoms with Crippen LogP contribution in [0.4, 0.5) is 5.69 Å². The molecule has 0 fully saturated rings. The number of thioether (sulfide) groups is 1. The average Bonchev–Trinajstić information content (AvgIpc) is 2.46. The molecule has 0 heterocycles. The van der Waals surface area contributed by atoms with Crippen LogP contribution in [0, 0.1) is 0 Å². The summed E-state index contributed by atoms with van der Waals surface area (Å²) in [5, 5.41) is 0.458. The van der Waals surface area contributed by atoms with Gasteiger partial charge in [-0.25, -0.2) is 0 Å². The molecular formula is C17H27NO2S. The van der Waals surface area contributed by atoms with Crippen LogP contribution in [0.25, 0.3) is 0 Å². The van der Waals surface area contributed by atoms with Gasteiger partial charge in [-0.3, -0.25) is 4.79 Å². The van der Waals surface area contributed by atoms with Crippen molar-refractivity contribution in [3.8, 4) is 5.75 Å². The Labute approximate surface area is 133 Å². The first-order valence-corrected chi connectivity index (χ1v) is 8.74. The minimum absolute atomic E-state index is 0.142. The van der Waals surface area contributed by atoms with E-state index >= 15 is 0 Å². The molecule has 1 aromatic carbocycles. The van der Waals surface area contributed by atoms with Crippen LogP contribution in [0.15, 0.2) is 18.2 Å². The quantitative estimate of drug-likeness (QED) is 0.638. The van der Waals surface area contributed by atoms with Gasteiger partial charge in [0.2, 0.25) is 0 Å². The van der Waals surface area contributed by atoms with Crippen LogP contribution in [0.3, 0.4) is 0 Å². The maximum Gasteiger partial charge on any atom is 0.176 e. The zero-order valence-electron chi connectivity index (χ0n) is 13.8. The summed E-state index contributed by atoms with van der Waals surface area (Å²) >= 11 is 1.66. The molecule has 0 spiro atoms. The van der Waals surface area contributed by atoms with Crippen LogP contribution >= 0.6 is 11.8 Å². The van der Waals surface area contributed by atoms with E-state index < -0.39 is 0 Å². The number of carbonyl (C=O) groups is 1. The van der Waals surface area contributed by atoms with Gasteiger partial charge < -0.3 is 9.64 Å². The zero-order chi connectivity index (χ0) is 15.8. The van der Waals surface area contributed by atoms with E-state index in [-0.39, 0.29) is 5.78 Å². The van der Waals surface area contributed by atoms with Gasteiger partial charge in [0.1, 0.15) is 5.75 Å². The highest BCUT2D eigenvalue weighted by Gasteiger charge is 2.15. The van der Waals surface area contributed by atoms with Crippen molar-refractivity contribution in [1.82, 2.24) is 0 Å². The smallest absolute Gasteiger partial charge is 0.176 e. The first kappa shape index (κ1) is 17.9. The third kappa shape index (κ3) is 5.27. The molecule has 0 aliphatic carbocycles. The van der Waals surface area contributed by atoms with Gasteiger partial charge >= 0.3 is 0 Å². The number of anilines is 1. The molecule has 0 saturated heterocycles. The lowest BCUT2D eigenvalue weighted by atomic mass is 10.1. The number of ketones is 1. The van der Waals surface area contributed by atoms with Gasteiger partial charge in [0.05, 0.1) is 17.9 Å². The maximum atomic E-state index is 12.4. The van der Waals surface area contributed by atoms with Crippen molar-refractivity contribution in [2.45, 2.75) is 39.9 Å². The summed E-state index contributed by atoms with van der Waals surface area (Å²) in [7, 11) is 0. The number of benzene rings is 1. The SMILES string of the molecule is CCOc1cc(N(CC)CC)ccc1C(=O)CSC(C)C. The van der Waals surface area contributed by atoms with Gasteiger partial charge in [-0.1, -0.05) is 13.8 Å². The third-order valence-electron chi connectivity index (χ3n) is 3.24. The highest BCUT2D eigenvalue weighted by molar-refractivity contribution is 8.00. The van der Waals surface area contributed by atoms with Crippen molar-refractivity contribution in [2.24, 2.45) is 0 Å². The monoisotopic (exact) mass is 309 g/mol. The summed E-state index contributed by atoms with van der Waals surface area (Å²) in [5.74, 6) is 1.35. The van der Waals surface area contributed by atoms with Crippen LogP contribution in [-0.2, 0) is 0 Å². The molecule has 0 aliphatic heterocycles. The van der Waals surface area contributed by atoms with E-state index in [2.05, 4.69) is 32.6 Å². The Morgan fingerprint density at radius 3 is 2.43 bits per heavy atom. The summed E-state index contributed by atoms with van der Waals surface area (Å²) in [6.45, 7) is 12.9. The Bertz CT molecular complexity index is 456. The van der Waals surface area contributed by atoms with E-state index in [0.717, 1.165) is 18.8 Å². The Balaban J connectivity index is 3.00. The van der Waals surface area contributed by atoms with E-state index in [9.17, 15) is 4.79 Å². The van der Waals surface area contributed by atoms with Gasteiger partial charge in [-0.05, 0) is 38.2 Å². The Kier molecular flexibility index (Phi) is 7.65. The van der Waals surface area contributed by atoms with Gasteiger partial charge in [-0.2, -0.15) is 11.8 Å². The highest BCUT2D eigenvalue weighted by Crippen LogP contribution is 2.27. The van der Waals surface area contributed by atoms with Crippen molar-refractivity contribution in [3.05, 3.63) is 23.8 Å². The number of Topliss-reactive ketones (excluding diaryl/α,β-unsaturated/α-hetero) is 1. The largest absolute Gasteiger partial charge is 0.493 e. The van der Waals surface area contributed by atoms with E-state index in [4.69, 9.17) is 4.74 Å². The fraction of sp³-hybridized carbons (Fsp3) is 0.588. The fourth-order valence-electron chi connectivity index (χ4n) is 2.12. The molecule has 0 aliphatic rings. The number of carbonyl (C=O) groups excluding carboxylic acids is 1. The molecule has 4 heteroatoms. The van der Waals surface area contributed by atoms with Gasteiger partial charge in [0.25, 0.3) is 0 Å². The molecule has 0 radical (unpaired) electrons. The summed E-state index contributed by atoms with van der Waals surface area (Å²) < 4.78 is 5.69. The number of rotatable bonds is 9. The highest BCUT2D eigenvalue weighted by atomic mass is 32.2. The van der Waals surface area contributed by atoms with E-state index in [0.29, 0.717) is 28.9 Å². The number of hydrogen-bond acceptors (Lipinski definition) is 4. The first-order valence-electron chi connectivity index (χ1n) is 7.69. The summed E-state index contributed by atoms with van der Waals surface area (Å²) in [4.78, 5) is 14.6. The van der Waals surface area contributed by atoms with Crippen LogP contribution in [0.5, 0.6) is 5.75 Å². The number of ether oxygens (including phenoxy) is 1. The van der Waals surface area contributed by atoms with Crippen molar-refractivity contribution >= 4 is 23.2 Å². The predicted octanol–water partition coefficient (Wildman–Crippen LogP) is 4.26. The minimum Gasteiger partial charge on any atom is -0.493 e. The maximum absolute atomic E-state index is 12.4. The molecular weight excluding hydrogens is 282 g/mol. The molecule has 21 heavy (non-hydrogen) atoms. The zero-order valence-corrected chi connectivity index (χ0v) is 14.6. The molecule has 0 N–H and O–H groups in total. The fourth-order valence-corrected chi connectivity index (χ4v) is 2.76. The van der Waals surface area contributed by atoms with Crippen molar-refractivity contribution in [3.63, 3.8) is 0 Å². The van der Waals surface area contributed by atoms with E-state index in [1.807, 2.05) is 25.1 Å². The third-order valence-corrected chi connectivity index (χ3v) is 4.34. The van der Waals surface area contributed by atoms with Gasteiger partial charge in [0, 0.05) is 24.8 Å². The second-order valence-corrected chi connectivity index (χ2v) is 6.63. The molecule has 1 rings (SSSR count). The summed E-state index contributed by atoms with van der Waals surface area (Å²) in [6, 6.07) is 5.91. The molecule has 0 bridgehead atoms. The second kappa shape index (κ2) is 8.98. The lowest BCUT2D eigenvalue weighted by molar-refractivity contribution is 0.101. The molecule has 1 aromatic rings. The lowest BCUT2D eigenvalue weighted by Crippen LogP contribution is -2.22. The van der Waals surface area contributed by atoms with E-state index in [1.54, 1.807) is 11.8 Å². The second-order valence-electron chi connectivity index (χ2n) is 5.07. The minimum atomic E-state index is 0.142. The van der Waals surface area contributed by atoms with Crippen molar-refractivity contribution < 1.29 is 9.53 Å². The number of nitrogens with zero attached hydrogens (tertiary/aromatic N) is 1. The van der Waals surface area contributed by atoms with Crippen molar-refractivity contribution in [2.75, 3.05) is 30.3 Å². The topological polar surface area (TPSA) is 29.5 Å².